The van der Waals surface area contributed by atoms with E-state index >= 15 is 0 Å². The Bertz CT molecular complexity index is 826. The van der Waals surface area contributed by atoms with E-state index in [1.54, 1.807) is 25.3 Å². The number of hydrogen-bond donors (Lipinski definition) is 0. The number of ether oxygens (including phenoxy) is 2. The molecule has 0 bridgehead atoms. The number of aromatic nitrogens is 4. The van der Waals surface area contributed by atoms with Gasteiger partial charge < -0.3 is 9.47 Å². The molecule has 0 spiro atoms. The van der Waals surface area contributed by atoms with Crippen LogP contribution in [0, 0.1) is 13.8 Å². The Hall–Kier alpha value is -2.16. The molecule has 2 heterocycles. The first-order chi connectivity index (χ1) is 12.1. The number of hydrogen-bond acceptors (Lipinski definition) is 8. The minimum Gasteiger partial charge on any atom is -0.457 e. The molecule has 2 aromatic heterocycles. The van der Waals surface area contributed by atoms with Gasteiger partial charge in [-0.15, -0.1) is 5.10 Å². The van der Waals surface area contributed by atoms with Crippen molar-refractivity contribution in [2.45, 2.75) is 58.2 Å². The molecule has 0 aliphatic heterocycles. The van der Waals surface area contributed by atoms with Crippen LogP contribution in [0.15, 0.2) is 5.16 Å². The Morgan fingerprint density at radius 3 is 2.46 bits per heavy atom. The second-order valence-electron chi connectivity index (χ2n) is 6.82. The maximum atomic E-state index is 11.9. The number of carbonyl (C=O) groups excluding carboxylic acids is 2. The average molecular weight is 380 g/mol. The lowest BCUT2D eigenvalue weighted by Gasteiger charge is -2.19. The largest absolute Gasteiger partial charge is 0.457 e. The first-order valence-electron chi connectivity index (χ1n) is 8.25. The molecule has 0 N–H and O–H groups in total. The maximum absolute atomic E-state index is 11.9. The van der Waals surface area contributed by atoms with Crippen LogP contribution in [0.4, 0.5) is 0 Å². The van der Waals surface area contributed by atoms with Crippen LogP contribution in [0.25, 0.3) is 5.78 Å². The number of carbonyl (C=O) groups is 2. The van der Waals surface area contributed by atoms with Crippen molar-refractivity contribution >= 4 is 29.5 Å². The Labute approximate surface area is 156 Å². The highest BCUT2D eigenvalue weighted by atomic mass is 32.2. The third-order valence-corrected chi connectivity index (χ3v) is 4.10. The molecule has 0 saturated carbocycles. The highest BCUT2D eigenvalue weighted by Crippen LogP contribution is 2.18. The lowest BCUT2D eigenvalue weighted by Crippen LogP contribution is -2.27. The summed E-state index contributed by atoms with van der Waals surface area (Å²) in [4.78, 5) is 32.3. The molecule has 9 heteroatoms. The van der Waals surface area contributed by atoms with Crippen LogP contribution in [0.3, 0.4) is 0 Å². The SMILES string of the molecule is CSc1nc2nc(C)c(CCC(=O)OCC(=O)OC(C)(C)C)c(C)n2n1. The van der Waals surface area contributed by atoms with Crippen LogP contribution in [0.2, 0.25) is 0 Å². The van der Waals surface area contributed by atoms with Crippen LogP contribution >= 0.6 is 11.8 Å². The average Bonchev–Trinajstić information content (AvgIpc) is 2.94. The van der Waals surface area contributed by atoms with E-state index < -0.39 is 17.5 Å². The second kappa shape index (κ2) is 8.03. The number of fused-ring (bicyclic) bond motifs is 1. The molecular weight excluding hydrogens is 356 g/mol. The normalized spacial score (nSPS) is 11.6. The van der Waals surface area contributed by atoms with E-state index in [0.717, 1.165) is 17.0 Å². The summed E-state index contributed by atoms with van der Waals surface area (Å²) in [5, 5.41) is 5.03. The van der Waals surface area contributed by atoms with Gasteiger partial charge in [-0.2, -0.15) is 4.98 Å². The number of aryl methyl sites for hydroxylation is 2. The lowest BCUT2D eigenvalue weighted by atomic mass is 10.1. The molecule has 0 fully saturated rings. The summed E-state index contributed by atoms with van der Waals surface area (Å²) < 4.78 is 11.8. The topological polar surface area (TPSA) is 95.7 Å². The zero-order valence-corrected chi connectivity index (χ0v) is 16.8. The molecule has 0 aliphatic carbocycles. The number of nitrogens with zero attached hydrogens (tertiary/aromatic N) is 4. The van der Waals surface area contributed by atoms with E-state index in [1.807, 2.05) is 20.1 Å². The van der Waals surface area contributed by atoms with E-state index in [-0.39, 0.29) is 13.0 Å². The van der Waals surface area contributed by atoms with E-state index in [4.69, 9.17) is 9.47 Å². The van der Waals surface area contributed by atoms with Crippen LogP contribution in [0.1, 0.15) is 44.1 Å². The summed E-state index contributed by atoms with van der Waals surface area (Å²) in [5.41, 5.74) is 2.01. The van der Waals surface area contributed by atoms with Crippen molar-refractivity contribution in [1.82, 2.24) is 19.6 Å². The zero-order valence-electron chi connectivity index (χ0n) is 16.0. The predicted molar refractivity (Wildman–Crippen MR) is 97.2 cm³/mol. The molecular formula is C17H24N4O4S. The third kappa shape index (κ3) is 5.17. The maximum Gasteiger partial charge on any atom is 0.344 e. The fourth-order valence-corrected chi connectivity index (χ4v) is 2.78. The highest BCUT2D eigenvalue weighted by molar-refractivity contribution is 7.98. The molecule has 142 valence electrons. The van der Waals surface area contributed by atoms with E-state index in [2.05, 4.69) is 15.1 Å². The summed E-state index contributed by atoms with van der Waals surface area (Å²) in [5.74, 6) is -0.479. The monoisotopic (exact) mass is 380 g/mol. The summed E-state index contributed by atoms with van der Waals surface area (Å²) in [6.45, 7) is 8.69. The van der Waals surface area contributed by atoms with Crippen molar-refractivity contribution in [3.8, 4) is 0 Å². The van der Waals surface area contributed by atoms with E-state index in [1.165, 1.54) is 11.8 Å². The lowest BCUT2D eigenvalue weighted by molar-refractivity contribution is -0.166. The Balaban J connectivity index is 1.98. The summed E-state index contributed by atoms with van der Waals surface area (Å²) in [6.07, 6.45) is 2.49. The molecule has 26 heavy (non-hydrogen) atoms. The van der Waals surface area contributed by atoms with Gasteiger partial charge in [0.05, 0.1) is 0 Å². The van der Waals surface area contributed by atoms with Gasteiger partial charge in [-0.05, 0) is 52.9 Å². The van der Waals surface area contributed by atoms with Gasteiger partial charge in [-0.1, -0.05) is 11.8 Å². The molecule has 2 rings (SSSR count). The summed E-state index contributed by atoms with van der Waals surface area (Å²) >= 11 is 1.45. The first kappa shape index (κ1) is 20.2. The van der Waals surface area contributed by atoms with Gasteiger partial charge in [-0.25, -0.2) is 14.3 Å². The van der Waals surface area contributed by atoms with E-state index in [9.17, 15) is 9.59 Å². The molecule has 0 unspecified atom stereocenters. The van der Waals surface area contributed by atoms with Gasteiger partial charge in [0.2, 0.25) is 5.16 Å². The minimum absolute atomic E-state index is 0.141. The van der Waals surface area contributed by atoms with Gasteiger partial charge in [0.15, 0.2) is 6.61 Å². The van der Waals surface area contributed by atoms with Crippen molar-refractivity contribution < 1.29 is 19.1 Å². The van der Waals surface area contributed by atoms with Gasteiger partial charge in [0, 0.05) is 17.8 Å². The number of esters is 2. The molecule has 0 radical (unpaired) electrons. The van der Waals surface area contributed by atoms with Crippen molar-refractivity contribution in [1.29, 1.82) is 0 Å². The van der Waals surface area contributed by atoms with Crippen molar-refractivity contribution in [2.75, 3.05) is 12.9 Å². The molecule has 0 atom stereocenters. The van der Waals surface area contributed by atoms with E-state index in [0.29, 0.717) is 17.4 Å². The first-order valence-corrected chi connectivity index (χ1v) is 9.47. The Kier molecular flexibility index (Phi) is 6.22. The standard InChI is InChI=1S/C17H24N4O4S/c1-10-12(11(2)21-15(18-10)19-16(20-21)26-6)7-8-13(22)24-9-14(23)25-17(3,4)5/h7-9H2,1-6H3. The fourth-order valence-electron chi connectivity index (χ4n) is 2.45. The quantitative estimate of drug-likeness (QED) is 0.556. The zero-order chi connectivity index (χ0) is 19.5. The number of thioether (sulfide) groups is 1. The Morgan fingerprint density at radius 1 is 1.15 bits per heavy atom. The second-order valence-corrected chi connectivity index (χ2v) is 7.59. The summed E-state index contributed by atoms with van der Waals surface area (Å²) in [6, 6.07) is 0. The van der Waals surface area contributed by atoms with Crippen molar-refractivity contribution in [3.05, 3.63) is 17.0 Å². The van der Waals surface area contributed by atoms with Crippen molar-refractivity contribution in [3.63, 3.8) is 0 Å². The third-order valence-electron chi connectivity index (χ3n) is 3.56. The van der Waals surface area contributed by atoms with Gasteiger partial charge in [0.1, 0.15) is 5.60 Å². The smallest absolute Gasteiger partial charge is 0.344 e. The van der Waals surface area contributed by atoms with Gasteiger partial charge in [0.25, 0.3) is 5.78 Å². The summed E-state index contributed by atoms with van der Waals surface area (Å²) in [7, 11) is 0. The van der Waals surface area contributed by atoms with Gasteiger partial charge in [-0.3, -0.25) is 4.79 Å². The highest BCUT2D eigenvalue weighted by Gasteiger charge is 2.18. The molecule has 0 saturated heterocycles. The minimum atomic E-state index is -0.605. The molecule has 2 aromatic rings. The van der Waals surface area contributed by atoms with Crippen LogP contribution < -0.4 is 0 Å². The van der Waals surface area contributed by atoms with Crippen LogP contribution in [-0.4, -0.2) is 50.0 Å². The molecule has 0 aromatic carbocycles. The van der Waals surface area contributed by atoms with Crippen LogP contribution in [0.5, 0.6) is 0 Å². The molecule has 0 aliphatic rings. The number of rotatable bonds is 6. The fraction of sp³-hybridized carbons (Fsp3) is 0.588. The molecule has 8 nitrogen and oxygen atoms in total. The van der Waals surface area contributed by atoms with Crippen LogP contribution in [-0.2, 0) is 25.5 Å². The molecule has 0 amide bonds. The predicted octanol–water partition coefficient (Wildman–Crippen LogP) is 2.28. The van der Waals surface area contributed by atoms with Gasteiger partial charge >= 0.3 is 11.9 Å². The Morgan fingerprint density at radius 2 is 1.85 bits per heavy atom. The van der Waals surface area contributed by atoms with Crippen molar-refractivity contribution in [2.24, 2.45) is 0 Å².